The SMILES string of the molecule is CCCCC/C=C\C/C=C\CCCCCCCC(=O)O.ClCCl. The van der Waals surface area contributed by atoms with E-state index in [0.717, 1.165) is 25.7 Å². The molecule has 0 aliphatic carbocycles. The summed E-state index contributed by atoms with van der Waals surface area (Å²) in [6, 6.07) is 0. The lowest BCUT2D eigenvalue weighted by Crippen LogP contribution is -1.93. The summed E-state index contributed by atoms with van der Waals surface area (Å²) in [7, 11) is 0. The Labute approximate surface area is 152 Å². The predicted molar refractivity (Wildman–Crippen MR) is 104 cm³/mol. The lowest BCUT2D eigenvalue weighted by Gasteiger charge is -1.98. The molecule has 0 unspecified atom stereocenters. The quantitative estimate of drug-likeness (QED) is 0.199. The fourth-order valence-electron chi connectivity index (χ4n) is 2.09. The van der Waals surface area contributed by atoms with Gasteiger partial charge in [0.1, 0.15) is 0 Å². The van der Waals surface area contributed by atoms with Gasteiger partial charge in [-0.15, -0.1) is 23.2 Å². The van der Waals surface area contributed by atoms with Crippen molar-refractivity contribution in [2.45, 2.75) is 84.0 Å². The molecular formula is C19H34Cl2O2. The van der Waals surface area contributed by atoms with E-state index >= 15 is 0 Å². The van der Waals surface area contributed by atoms with Gasteiger partial charge in [-0.1, -0.05) is 63.3 Å². The van der Waals surface area contributed by atoms with Crippen LogP contribution < -0.4 is 0 Å². The van der Waals surface area contributed by atoms with Gasteiger partial charge in [-0.3, -0.25) is 4.79 Å². The van der Waals surface area contributed by atoms with Gasteiger partial charge in [0.2, 0.25) is 0 Å². The van der Waals surface area contributed by atoms with Gasteiger partial charge in [0, 0.05) is 6.42 Å². The Hall–Kier alpha value is -0.470. The van der Waals surface area contributed by atoms with E-state index in [-0.39, 0.29) is 5.34 Å². The van der Waals surface area contributed by atoms with Crippen LogP contribution in [0.2, 0.25) is 0 Å². The van der Waals surface area contributed by atoms with Gasteiger partial charge < -0.3 is 5.11 Å². The average Bonchev–Trinajstić information content (AvgIpc) is 2.51. The zero-order valence-electron chi connectivity index (χ0n) is 14.6. The number of rotatable bonds is 14. The second-order valence-corrected chi connectivity index (χ2v) is 6.28. The van der Waals surface area contributed by atoms with Crippen LogP contribution in [0.5, 0.6) is 0 Å². The summed E-state index contributed by atoms with van der Waals surface area (Å²) in [4.78, 5) is 10.3. The largest absolute Gasteiger partial charge is 0.481 e. The molecule has 0 radical (unpaired) electrons. The van der Waals surface area contributed by atoms with Crippen LogP contribution in [0.1, 0.15) is 84.0 Å². The van der Waals surface area contributed by atoms with Crippen molar-refractivity contribution in [3.63, 3.8) is 0 Å². The first-order valence-corrected chi connectivity index (χ1v) is 9.89. The monoisotopic (exact) mass is 364 g/mol. The Balaban J connectivity index is 0. The third-order valence-corrected chi connectivity index (χ3v) is 3.34. The van der Waals surface area contributed by atoms with Crippen LogP contribution in [0.15, 0.2) is 24.3 Å². The summed E-state index contributed by atoms with van der Waals surface area (Å²) in [6.45, 7) is 2.23. The molecule has 0 bridgehead atoms. The first kappa shape index (κ1) is 24.8. The number of carboxylic acid groups (broad SMARTS) is 1. The Morgan fingerprint density at radius 2 is 1.30 bits per heavy atom. The Morgan fingerprint density at radius 1 is 0.826 bits per heavy atom. The third-order valence-electron chi connectivity index (χ3n) is 3.34. The van der Waals surface area contributed by atoms with Gasteiger partial charge in [-0.2, -0.15) is 0 Å². The molecule has 0 aromatic rings. The Bertz CT molecular complexity index is 289. The molecule has 0 aromatic carbocycles. The van der Waals surface area contributed by atoms with Gasteiger partial charge in [-0.25, -0.2) is 0 Å². The molecule has 0 aliphatic rings. The number of carbonyl (C=O) groups is 1. The summed E-state index contributed by atoms with van der Waals surface area (Å²) in [5.74, 6) is -0.671. The van der Waals surface area contributed by atoms with E-state index in [2.05, 4.69) is 31.2 Å². The van der Waals surface area contributed by atoms with Crippen molar-refractivity contribution in [1.82, 2.24) is 0 Å². The van der Waals surface area contributed by atoms with Crippen molar-refractivity contribution in [2.75, 3.05) is 5.34 Å². The van der Waals surface area contributed by atoms with E-state index < -0.39 is 5.97 Å². The molecule has 0 heterocycles. The fourth-order valence-corrected chi connectivity index (χ4v) is 2.09. The molecule has 2 nitrogen and oxygen atoms in total. The molecule has 0 saturated heterocycles. The van der Waals surface area contributed by atoms with E-state index in [9.17, 15) is 4.79 Å². The summed E-state index contributed by atoms with van der Waals surface area (Å²) in [6.07, 6.45) is 22.3. The Morgan fingerprint density at radius 3 is 1.83 bits per heavy atom. The zero-order valence-corrected chi connectivity index (χ0v) is 16.1. The number of alkyl halides is 2. The number of carboxylic acids is 1. The van der Waals surface area contributed by atoms with Crippen molar-refractivity contribution < 1.29 is 9.90 Å². The molecule has 0 atom stereocenters. The standard InChI is InChI=1S/C18H32O2.CH2Cl2/c1-2-3-4-5-6-7-8-9-10-11-12-13-14-15-16-17-18(19)20;2-1-3/h6-7,9-10H,2-5,8,11-17H2,1H3,(H,19,20);1H2/b7-6-,10-9-;. The van der Waals surface area contributed by atoms with Crippen LogP contribution in [0.25, 0.3) is 0 Å². The minimum Gasteiger partial charge on any atom is -0.481 e. The van der Waals surface area contributed by atoms with E-state index in [0.29, 0.717) is 6.42 Å². The molecule has 0 aromatic heterocycles. The number of halogens is 2. The third kappa shape index (κ3) is 30.1. The first-order chi connectivity index (χ1) is 11.2. The topological polar surface area (TPSA) is 37.3 Å². The maximum atomic E-state index is 10.3. The van der Waals surface area contributed by atoms with Crippen molar-refractivity contribution in [1.29, 1.82) is 0 Å². The van der Waals surface area contributed by atoms with Crippen molar-refractivity contribution in [3.05, 3.63) is 24.3 Å². The summed E-state index contributed by atoms with van der Waals surface area (Å²) in [5, 5.41) is 8.70. The van der Waals surface area contributed by atoms with E-state index in [1.54, 1.807) is 0 Å². The van der Waals surface area contributed by atoms with Gasteiger partial charge in [0.25, 0.3) is 0 Å². The van der Waals surface area contributed by atoms with Crippen molar-refractivity contribution in [3.8, 4) is 0 Å². The molecule has 0 fully saturated rings. The molecular weight excluding hydrogens is 331 g/mol. The molecule has 0 aliphatic heterocycles. The lowest BCUT2D eigenvalue weighted by atomic mass is 10.1. The van der Waals surface area contributed by atoms with Gasteiger partial charge in [0.15, 0.2) is 0 Å². The minimum absolute atomic E-state index is 0.194. The van der Waals surface area contributed by atoms with Gasteiger partial charge >= 0.3 is 5.97 Å². The molecule has 4 heteroatoms. The summed E-state index contributed by atoms with van der Waals surface area (Å²) < 4.78 is 0. The number of aliphatic carboxylic acids is 1. The molecule has 0 spiro atoms. The van der Waals surface area contributed by atoms with Gasteiger partial charge in [0.05, 0.1) is 5.34 Å². The second-order valence-electron chi connectivity index (χ2n) is 5.48. The smallest absolute Gasteiger partial charge is 0.303 e. The highest BCUT2D eigenvalue weighted by Crippen LogP contribution is 2.08. The average molecular weight is 365 g/mol. The van der Waals surface area contributed by atoms with Crippen LogP contribution in [0, 0.1) is 0 Å². The number of unbranched alkanes of at least 4 members (excludes halogenated alkanes) is 8. The molecule has 0 rings (SSSR count). The lowest BCUT2D eigenvalue weighted by molar-refractivity contribution is -0.137. The first-order valence-electron chi connectivity index (χ1n) is 8.82. The van der Waals surface area contributed by atoms with Crippen molar-refractivity contribution in [2.24, 2.45) is 0 Å². The summed E-state index contributed by atoms with van der Waals surface area (Å²) in [5.41, 5.74) is 0. The fraction of sp³-hybridized carbons (Fsp3) is 0.737. The highest BCUT2D eigenvalue weighted by molar-refractivity contribution is 6.40. The van der Waals surface area contributed by atoms with Crippen LogP contribution >= 0.6 is 23.2 Å². The predicted octanol–water partition coefficient (Wildman–Crippen LogP) is 7.31. The number of hydrogen-bond donors (Lipinski definition) is 1. The second kappa shape index (κ2) is 23.8. The van der Waals surface area contributed by atoms with E-state index in [4.69, 9.17) is 28.3 Å². The zero-order chi connectivity index (χ0) is 17.6. The van der Waals surface area contributed by atoms with Crippen LogP contribution in [-0.2, 0) is 4.79 Å². The van der Waals surface area contributed by atoms with E-state index in [1.165, 1.54) is 44.9 Å². The molecule has 1 N–H and O–H groups in total. The highest BCUT2D eigenvalue weighted by Gasteiger charge is 1.95. The molecule has 0 saturated carbocycles. The minimum atomic E-state index is -0.671. The maximum Gasteiger partial charge on any atom is 0.303 e. The summed E-state index contributed by atoms with van der Waals surface area (Å²) >= 11 is 9.53. The molecule has 0 amide bonds. The molecule has 23 heavy (non-hydrogen) atoms. The van der Waals surface area contributed by atoms with Crippen LogP contribution in [0.4, 0.5) is 0 Å². The maximum absolute atomic E-state index is 10.3. The van der Waals surface area contributed by atoms with Crippen LogP contribution in [0.3, 0.4) is 0 Å². The Kier molecular flexibility index (Phi) is 25.6. The number of allylic oxidation sites excluding steroid dienone is 4. The highest BCUT2D eigenvalue weighted by atomic mass is 35.5. The molecule has 136 valence electrons. The van der Waals surface area contributed by atoms with E-state index in [1.807, 2.05) is 0 Å². The van der Waals surface area contributed by atoms with Crippen LogP contribution in [-0.4, -0.2) is 16.4 Å². The number of hydrogen-bond acceptors (Lipinski definition) is 1. The van der Waals surface area contributed by atoms with Gasteiger partial charge in [-0.05, 0) is 38.5 Å². The normalized spacial score (nSPS) is 10.9. The van der Waals surface area contributed by atoms with Crippen molar-refractivity contribution >= 4 is 29.2 Å².